The summed E-state index contributed by atoms with van der Waals surface area (Å²) in [6, 6.07) is 0. The van der Waals surface area contributed by atoms with Crippen molar-refractivity contribution < 1.29 is 37.6 Å². The molecule has 0 rings (SSSR count). The van der Waals surface area contributed by atoms with E-state index in [1.54, 1.807) is 0 Å². The summed E-state index contributed by atoms with van der Waals surface area (Å²) in [5, 5.41) is 0. The van der Waals surface area contributed by atoms with Gasteiger partial charge in [-0.25, -0.2) is 4.57 Å². The molecule has 316 valence electrons. The number of hydrogen-bond acceptors (Lipinski definition) is 8. The first kappa shape index (κ1) is 52.7. The van der Waals surface area contributed by atoms with Crippen LogP contribution in [0.15, 0.2) is 109 Å². The van der Waals surface area contributed by atoms with E-state index in [9.17, 15) is 19.0 Å². The molecule has 2 atom stereocenters. The summed E-state index contributed by atoms with van der Waals surface area (Å²) < 4.78 is 32.6. The van der Waals surface area contributed by atoms with Crippen molar-refractivity contribution in [2.45, 2.75) is 142 Å². The van der Waals surface area contributed by atoms with E-state index in [0.717, 1.165) is 57.8 Å². The molecule has 0 aromatic heterocycles. The van der Waals surface area contributed by atoms with Crippen molar-refractivity contribution in [1.29, 1.82) is 0 Å². The van der Waals surface area contributed by atoms with Crippen LogP contribution < -0.4 is 5.73 Å². The Bertz CT molecular complexity index is 1280. The van der Waals surface area contributed by atoms with E-state index in [4.69, 9.17) is 24.3 Å². The van der Waals surface area contributed by atoms with Gasteiger partial charge >= 0.3 is 19.8 Å². The molecule has 56 heavy (non-hydrogen) atoms. The van der Waals surface area contributed by atoms with Crippen LogP contribution in [0.2, 0.25) is 0 Å². The maximum absolute atomic E-state index is 12.5. The van der Waals surface area contributed by atoms with Crippen molar-refractivity contribution in [3.05, 3.63) is 109 Å². The highest BCUT2D eigenvalue weighted by Crippen LogP contribution is 2.43. The van der Waals surface area contributed by atoms with E-state index in [2.05, 4.69) is 68.5 Å². The molecule has 0 radical (unpaired) electrons. The van der Waals surface area contributed by atoms with E-state index in [1.165, 1.54) is 32.1 Å². The fraction of sp³-hybridized carbons (Fsp3) is 0.565. The van der Waals surface area contributed by atoms with E-state index >= 15 is 0 Å². The van der Waals surface area contributed by atoms with Crippen molar-refractivity contribution >= 4 is 19.8 Å². The van der Waals surface area contributed by atoms with Gasteiger partial charge in [-0.15, -0.1) is 0 Å². The van der Waals surface area contributed by atoms with Crippen LogP contribution in [0.4, 0.5) is 0 Å². The molecule has 0 spiro atoms. The van der Waals surface area contributed by atoms with Crippen LogP contribution in [-0.4, -0.2) is 49.3 Å². The van der Waals surface area contributed by atoms with Gasteiger partial charge in [0, 0.05) is 19.4 Å². The maximum Gasteiger partial charge on any atom is 0.472 e. The van der Waals surface area contributed by atoms with E-state index in [0.29, 0.717) is 19.3 Å². The van der Waals surface area contributed by atoms with Crippen molar-refractivity contribution in [1.82, 2.24) is 0 Å². The van der Waals surface area contributed by atoms with Gasteiger partial charge in [-0.1, -0.05) is 168 Å². The quantitative estimate of drug-likeness (QED) is 0.0207. The molecule has 0 aliphatic heterocycles. The molecule has 9 nitrogen and oxygen atoms in total. The number of phosphoric ester groups is 1. The lowest BCUT2D eigenvalue weighted by atomic mass is 10.1. The van der Waals surface area contributed by atoms with Gasteiger partial charge in [-0.3, -0.25) is 18.6 Å². The molecule has 0 aliphatic carbocycles. The highest BCUT2D eigenvalue weighted by molar-refractivity contribution is 7.47. The van der Waals surface area contributed by atoms with Crippen LogP contribution in [0.25, 0.3) is 0 Å². The van der Waals surface area contributed by atoms with Gasteiger partial charge in [-0.05, 0) is 64.2 Å². The van der Waals surface area contributed by atoms with Crippen molar-refractivity contribution in [3.63, 3.8) is 0 Å². The fourth-order valence-electron chi connectivity index (χ4n) is 5.01. The molecule has 0 bridgehead atoms. The summed E-state index contributed by atoms with van der Waals surface area (Å²) in [6.07, 6.45) is 54.2. The molecule has 0 aliphatic rings. The number of carbonyl (C=O) groups excluding carboxylic acids is 2. The largest absolute Gasteiger partial charge is 0.472 e. The minimum atomic E-state index is -4.40. The van der Waals surface area contributed by atoms with Gasteiger partial charge in [0.05, 0.1) is 13.2 Å². The second-order valence-corrected chi connectivity index (χ2v) is 14.7. The normalized spacial score (nSPS) is 14.4. The Morgan fingerprint density at radius 1 is 0.554 bits per heavy atom. The van der Waals surface area contributed by atoms with E-state index in [1.807, 2.05) is 54.7 Å². The lowest BCUT2D eigenvalue weighted by molar-refractivity contribution is -0.161. The molecule has 0 aromatic carbocycles. The van der Waals surface area contributed by atoms with Crippen LogP contribution >= 0.6 is 7.82 Å². The molecule has 2 unspecified atom stereocenters. The fourth-order valence-corrected chi connectivity index (χ4v) is 5.77. The summed E-state index contributed by atoms with van der Waals surface area (Å²) >= 11 is 0. The lowest BCUT2D eigenvalue weighted by Crippen LogP contribution is -2.29. The summed E-state index contributed by atoms with van der Waals surface area (Å²) in [7, 11) is -4.40. The molecule has 0 aromatic rings. The topological polar surface area (TPSA) is 134 Å². The first-order valence-corrected chi connectivity index (χ1v) is 22.4. The standard InChI is InChI=1S/C46H74NO8P/c1-3-5-7-9-11-13-15-17-18-19-20-21-22-23-24-25-27-28-30-32-34-36-38-45(48)52-42-44(43-54-56(50,51)53-41-40-47)55-46(49)39-37-35-33-31-29-26-16-14-12-10-8-6-4-2/h5-8,10-14,16-18,20-21,26,29,31,33,44H,3-4,9,15,19,22-25,27-28,30,32,34-43,47H2,1-2H3,(H,50,51)/b7-5+,8-6+,12-10+,13-11+,16-14+,18-17+,21-20+,29-26+,33-31+. The summed E-state index contributed by atoms with van der Waals surface area (Å²) in [4.78, 5) is 34.8. The van der Waals surface area contributed by atoms with Crippen molar-refractivity contribution in [3.8, 4) is 0 Å². The third-order valence-electron chi connectivity index (χ3n) is 8.03. The summed E-state index contributed by atoms with van der Waals surface area (Å²) in [5.74, 6) is -0.935. The molecule has 0 heterocycles. The number of ether oxygens (including phenoxy) is 2. The van der Waals surface area contributed by atoms with Gasteiger partial charge in [-0.2, -0.15) is 0 Å². The monoisotopic (exact) mass is 800 g/mol. The predicted molar refractivity (Wildman–Crippen MR) is 233 cm³/mol. The van der Waals surface area contributed by atoms with Crippen LogP contribution in [-0.2, 0) is 32.7 Å². The van der Waals surface area contributed by atoms with Gasteiger partial charge in [0.25, 0.3) is 0 Å². The number of allylic oxidation sites excluding steroid dienone is 18. The molecule has 10 heteroatoms. The van der Waals surface area contributed by atoms with E-state index < -0.39 is 32.5 Å². The van der Waals surface area contributed by atoms with Gasteiger partial charge in [0.15, 0.2) is 6.10 Å². The number of carbonyl (C=O) groups is 2. The van der Waals surface area contributed by atoms with Gasteiger partial charge in [0.2, 0.25) is 0 Å². The first-order chi connectivity index (χ1) is 27.3. The third kappa shape index (κ3) is 40.3. The zero-order valence-corrected chi connectivity index (χ0v) is 35.5. The van der Waals surface area contributed by atoms with Crippen LogP contribution in [0.1, 0.15) is 136 Å². The Morgan fingerprint density at radius 2 is 1.04 bits per heavy atom. The Balaban J connectivity index is 4.23. The molecule has 0 saturated heterocycles. The minimum Gasteiger partial charge on any atom is -0.462 e. The molecule has 3 N–H and O–H groups in total. The summed E-state index contributed by atoms with van der Waals surface area (Å²) in [6.45, 7) is 3.35. The Morgan fingerprint density at radius 3 is 1.62 bits per heavy atom. The average Bonchev–Trinajstić information content (AvgIpc) is 3.18. The predicted octanol–water partition coefficient (Wildman–Crippen LogP) is 12.0. The highest BCUT2D eigenvalue weighted by Gasteiger charge is 2.25. The van der Waals surface area contributed by atoms with Crippen LogP contribution in [0, 0.1) is 0 Å². The second kappa shape index (κ2) is 41.3. The Hall–Kier alpha value is -3.33. The zero-order valence-electron chi connectivity index (χ0n) is 34.6. The minimum absolute atomic E-state index is 0.0346. The Kier molecular flexibility index (Phi) is 38.9. The second-order valence-electron chi connectivity index (χ2n) is 13.2. The third-order valence-corrected chi connectivity index (χ3v) is 9.02. The number of esters is 2. The SMILES string of the molecule is CC/C=C/C=C/C=C/C=C/C=C/CCCC(=O)OC(COC(=O)CCCCCCCCCCC/C=C/C/C=C/C/C=C/C/C=C/CC)COP(=O)(O)OCCN. The summed E-state index contributed by atoms with van der Waals surface area (Å²) in [5.41, 5.74) is 5.33. The lowest BCUT2D eigenvalue weighted by Gasteiger charge is -2.19. The number of unbranched alkanes of at least 4 members (excludes halogenated alkanes) is 10. The number of phosphoric acid groups is 1. The average molecular weight is 800 g/mol. The van der Waals surface area contributed by atoms with Crippen molar-refractivity contribution in [2.75, 3.05) is 26.4 Å². The van der Waals surface area contributed by atoms with E-state index in [-0.39, 0.29) is 32.6 Å². The molecular formula is C46H74NO8P. The van der Waals surface area contributed by atoms with Crippen LogP contribution in [0.3, 0.4) is 0 Å². The van der Waals surface area contributed by atoms with Crippen molar-refractivity contribution in [2.24, 2.45) is 5.73 Å². The number of nitrogens with two attached hydrogens (primary N) is 1. The van der Waals surface area contributed by atoms with Crippen LogP contribution in [0.5, 0.6) is 0 Å². The van der Waals surface area contributed by atoms with Gasteiger partial charge < -0.3 is 20.1 Å². The first-order valence-electron chi connectivity index (χ1n) is 20.9. The maximum atomic E-state index is 12.5. The zero-order chi connectivity index (χ0) is 41.1. The van der Waals surface area contributed by atoms with Gasteiger partial charge in [0.1, 0.15) is 6.61 Å². The molecule has 0 fully saturated rings. The molecule has 0 amide bonds. The number of hydrogen-bond donors (Lipinski definition) is 2. The number of rotatable bonds is 37. The highest BCUT2D eigenvalue weighted by atomic mass is 31.2. The smallest absolute Gasteiger partial charge is 0.462 e. The molecular weight excluding hydrogens is 725 g/mol. The Labute approximate surface area is 339 Å². The molecule has 0 saturated carbocycles.